The summed E-state index contributed by atoms with van der Waals surface area (Å²) in [5.41, 5.74) is 0.405. The highest BCUT2D eigenvalue weighted by atomic mass is 35.5. The fourth-order valence-corrected chi connectivity index (χ4v) is 1.13. The molecule has 0 fully saturated rings. The molecule has 0 aliphatic rings. The van der Waals surface area contributed by atoms with E-state index in [1.807, 2.05) is 0 Å². The standard InChI is InChI=1S/C9H11ClN2O2/c1-12(2)9(13)6-5-11-8(10)4-7(6)14-3/h4-5H,1-3H3. The molecule has 0 atom stereocenters. The van der Waals surface area contributed by atoms with Gasteiger partial charge in [0.25, 0.3) is 5.91 Å². The largest absolute Gasteiger partial charge is 0.496 e. The molecule has 0 radical (unpaired) electrons. The molecule has 1 aromatic rings. The summed E-state index contributed by atoms with van der Waals surface area (Å²) in [6.45, 7) is 0. The molecule has 4 nitrogen and oxygen atoms in total. The summed E-state index contributed by atoms with van der Waals surface area (Å²) in [7, 11) is 4.81. The van der Waals surface area contributed by atoms with Crippen LogP contribution >= 0.6 is 11.6 Å². The Morgan fingerprint density at radius 2 is 2.21 bits per heavy atom. The number of halogens is 1. The number of ether oxygens (including phenoxy) is 1. The van der Waals surface area contributed by atoms with Gasteiger partial charge in [0.15, 0.2) is 0 Å². The van der Waals surface area contributed by atoms with Gasteiger partial charge < -0.3 is 9.64 Å². The van der Waals surface area contributed by atoms with Crippen LogP contribution in [0.2, 0.25) is 5.15 Å². The third-order valence-electron chi connectivity index (χ3n) is 1.69. The van der Waals surface area contributed by atoms with E-state index >= 15 is 0 Å². The summed E-state index contributed by atoms with van der Waals surface area (Å²) in [5.74, 6) is 0.273. The van der Waals surface area contributed by atoms with Crippen molar-refractivity contribution in [3.8, 4) is 5.75 Å². The van der Waals surface area contributed by atoms with Crippen LogP contribution < -0.4 is 4.74 Å². The molecule has 1 amide bonds. The van der Waals surface area contributed by atoms with Gasteiger partial charge >= 0.3 is 0 Å². The van der Waals surface area contributed by atoms with Gasteiger partial charge in [0.1, 0.15) is 10.9 Å². The molecule has 0 saturated heterocycles. The molecule has 0 aliphatic carbocycles. The fourth-order valence-electron chi connectivity index (χ4n) is 0.983. The van der Waals surface area contributed by atoms with Crippen LogP contribution in [0.3, 0.4) is 0 Å². The van der Waals surface area contributed by atoms with E-state index in [1.54, 1.807) is 14.1 Å². The SMILES string of the molecule is COc1cc(Cl)ncc1C(=O)N(C)C. The predicted octanol–water partition coefficient (Wildman–Crippen LogP) is 1.45. The molecular formula is C9H11ClN2O2. The first-order valence-corrected chi connectivity index (χ1v) is 4.35. The van der Waals surface area contributed by atoms with Crippen molar-refractivity contribution in [3.05, 3.63) is 23.0 Å². The van der Waals surface area contributed by atoms with E-state index in [0.29, 0.717) is 16.5 Å². The Labute approximate surface area is 87.4 Å². The van der Waals surface area contributed by atoms with Crippen molar-refractivity contribution >= 4 is 17.5 Å². The number of pyridine rings is 1. The van der Waals surface area contributed by atoms with Crippen LogP contribution in [0.5, 0.6) is 5.75 Å². The molecule has 1 rings (SSSR count). The van der Waals surface area contributed by atoms with E-state index in [0.717, 1.165) is 0 Å². The van der Waals surface area contributed by atoms with Gasteiger partial charge in [0, 0.05) is 26.4 Å². The monoisotopic (exact) mass is 214 g/mol. The van der Waals surface area contributed by atoms with E-state index in [2.05, 4.69) is 4.98 Å². The zero-order chi connectivity index (χ0) is 10.7. The molecule has 0 bridgehead atoms. The van der Waals surface area contributed by atoms with Gasteiger partial charge in [0.2, 0.25) is 0 Å². The maximum atomic E-state index is 11.6. The van der Waals surface area contributed by atoms with E-state index in [9.17, 15) is 4.79 Å². The van der Waals surface area contributed by atoms with Gasteiger partial charge in [-0.15, -0.1) is 0 Å². The highest BCUT2D eigenvalue weighted by molar-refractivity contribution is 6.29. The lowest BCUT2D eigenvalue weighted by atomic mass is 10.2. The van der Waals surface area contributed by atoms with Crippen LogP contribution in [0.1, 0.15) is 10.4 Å². The number of carbonyl (C=O) groups is 1. The van der Waals surface area contributed by atoms with Crippen molar-refractivity contribution in [3.63, 3.8) is 0 Å². The number of aromatic nitrogens is 1. The highest BCUT2D eigenvalue weighted by Gasteiger charge is 2.14. The summed E-state index contributed by atoms with van der Waals surface area (Å²) >= 11 is 5.66. The van der Waals surface area contributed by atoms with E-state index < -0.39 is 0 Å². The predicted molar refractivity (Wildman–Crippen MR) is 53.8 cm³/mol. The van der Waals surface area contributed by atoms with Crippen molar-refractivity contribution in [1.29, 1.82) is 0 Å². The number of carbonyl (C=O) groups excluding carboxylic acids is 1. The van der Waals surface area contributed by atoms with E-state index in [4.69, 9.17) is 16.3 Å². The molecule has 0 saturated carbocycles. The summed E-state index contributed by atoms with van der Waals surface area (Å²) in [6.07, 6.45) is 1.41. The van der Waals surface area contributed by atoms with Crippen molar-refractivity contribution in [2.24, 2.45) is 0 Å². The number of amides is 1. The first-order valence-electron chi connectivity index (χ1n) is 3.97. The van der Waals surface area contributed by atoms with Crippen molar-refractivity contribution in [2.45, 2.75) is 0 Å². The van der Waals surface area contributed by atoms with Crippen molar-refractivity contribution in [2.75, 3.05) is 21.2 Å². The third-order valence-corrected chi connectivity index (χ3v) is 1.90. The highest BCUT2D eigenvalue weighted by Crippen LogP contribution is 2.21. The summed E-state index contributed by atoms with van der Waals surface area (Å²) in [4.78, 5) is 16.9. The maximum Gasteiger partial charge on any atom is 0.258 e. The lowest BCUT2D eigenvalue weighted by molar-refractivity contribution is 0.0824. The van der Waals surface area contributed by atoms with Crippen molar-refractivity contribution in [1.82, 2.24) is 9.88 Å². The van der Waals surface area contributed by atoms with E-state index in [1.165, 1.54) is 24.3 Å². The normalized spacial score (nSPS) is 9.71. The van der Waals surface area contributed by atoms with Gasteiger partial charge in [0.05, 0.1) is 12.7 Å². The molecule has 14 heavy (non-hydrogen) atoms. The number of methoxy groups -OCH3 is 1. The Balaban J connectivity index is 3.14. The molecule has 1 heterocycles. The van der Waals surface area contributed by atoms with E-state index in [-0.39, 0.29) is 5.91 Å². The zero-order valence-corrected chi connectivity index (χ0v) is 9.00. The average molecular weight is 215 g/mol. The molecule has 0 N–H and O–H groups in total. The molecule has 0 aliphatic heterocycles. The topological polar surface area (TPSA) is 42.4 Å². The molecule has 0 unspecified atom stereocenters. The summed E-state index contributed by atoms with van der Waals surface area (Å²) < 4.78 is 5.03. The number of nitrogens with zero attached hydrogens (tertiary/aromatic N) is 2. The Kier molecular flexibility index (Phi) is 3.30. The smallest absolute Gasteiger partial charge is 0.258 e. The molecule has 76 valence electrons. The zero-order valence-electron chi connectivity index (χ0n) is 8.24. The average Bonchev–Trinajstić information content (AvgIpc) is 2.16. The van der Waals surface area contributed by atoms with Gasteiger partial charge in [-0.3, -0.25) is 4.79 Å². The third kappa shape index (κ3) is 2.14. The van der Waals surface area contributed by atoms with Crippen molar-refractivity contribution < 1.29 is 9.53 Å². The van der Waals surface area contributed by atoms with Gasteiger partial charge in [-0.2, -0.15) is 0 Å². The molecule has 1 aromatic heterocycles. The quantitative estimate of drug-likeness (QED) is 0.700. The van der Waals surface area contributed by atoms with Crippen LogP contribution in [0.25, 0.3) is 0 Å². The second-order valence-electron chi connectivity index (χ2n) is 2.91. The molecule has 5 heteroatoms. The number of hydrogen-bond donors (Lipinski definition) is 0. The first kappa shape index (κ1) is 10.8. The van der Waals surface area contributed by atoms with Crippen LogP contribution in [-0.2, 0) is 0 Å². The first-order chi connectivity index (χ1) is 6.56. The second kappa shape index (κ2) is 4.28. The minimum Gasteiger partial charge on any atom is -0.496 e. The van der Waals surface area contributed by atoms with Gasteiger partial charge in [-0.25, -0.2) is 4.98 Å². The van der Waals surface area contributed by atoms with Crippen LogP contribution in [-0.4, -0.2) is 37.0 Å². The fraction of sp³-hybridized carbons (Fsp3) is 0.333. The van der Waals surface area contributed by atoms with Crippen LogP contribution in [0.15, 0.2) is 12.3 Å². The minimum atomic E-state index is -0.161. The lowest BCUT2D eigenvalue weighted by Crippen LogP contribution is -2.22. The number of rotatable bonds is 2. The molecule has 0 aromatic carbocycles. The van der Waals surface area contributed by atoms with Crippen LogP contribution in [0, 0.1) is 0 Å². The lowest BCUT2D eigenvalue weighted by Gasteiger charge is -2.12. The summed E-state index contributed by atoms with van der Waals surface area (Å²) in [5, 5.41) is 0.303. The maximum absolute atomic E-state index is 11.6. The second-order valence-corrected chi connectivity index (χ2v) is 3.29. The van der Waals surface area contributed by atoms with Gasteiger partial charge in [-0.1, -0.05) is 11.6 Å². The van der Waals surface area contributed by atoms with Crippen LogP contribution in [0.4, 0.5) is 0 Å². The van der Waals surface area contributed by atoms with Gasteiger partial charge in [-0.05, 0) is 0 Å². The molecule has 0 spiro atoms. The Hall–Kier alpha value is -1.29. The summed E-state index contributed by atoms with van der Waals surface area (Å²) in [6, 6.07) is 1.51. The molecular weight excluding hydrogens is 204 g/mol. The Morgan fingerprint density at radius 1 is 1.57 bits per heavy atom. The number of hydrogen-bond acceptors (Lipinski definition) is 3. The minimum absolute atomic E-state index is 0.161. The Morgan fingerprint density at radius 3 is 2.71 bits per heavy atom. The Bertz CT molecular complexity index is 353.